The predicted octanol–water partition coefficient (Wildman–Crippen LogP) is 4.95. The molecule has 0 fully saturated rings. The van der Waals surface area contributed by atoms with Crippen molar-refractivity contribution in [3.63, 3.8) is 0 Å². The van der Waals surface area contributed by atoms with E-state index in [4.69, 9.17) is 9.84 Å². The molecule has 0 aliphatic carbocycles. The quantitative estimate of drug-likeness (QED) is 0.433. The molecule has 0 saturated carbocycles. The molecule has 2 heterocycles. The Balaban J connectivity index is 1.57. The normalized spacial score (nSPS) is 11.5. The molecule has 164 valence electrons. The molecule has 0 saturated heterocycles. The van der Waals surface area contributed by atoms with Crippen LogP contribution < -0.4 is 10.1 Å². The maximum absolute atomic E-state index is 14.0. The van der Waals surface area contributed by atoms with E-state index >= 15 is 0 Å². The van der Waals surface area contributed by atoms with Gasteiger partial charge in [0.2, 0.25) is 5.88 Å². The number of aliphatic hydroxyl groups excluding tert-OH is 1. The molecule has 32 heavy (non-hydrogen) atoms. The van der Waals surface area contributed by atoms with Crippen LogP contribution in [0, 0.1) is 5.82 Å². The van der Waals surface area contributed by atoms with Crippen LogP contribution >= 0.6 is 0 Å². The van der Waals surface area contributed by atoms with E-state index in [0.717, 1.165) is 4.57 Å². The van der Waals surface area contributed by atoms with Crippen molar-refractivity contribution < 1.29 is 32.2 Å². The Morgan fingerprint density at radius 2 is 1.91 bits per heavy atom. The maximum Gasteiger partial charge on any atom is 0.416 e. The summed E-state index contributed by atoms with van der Waals surface area (Å²) in [7, 11) is 0. The van der Waals surface area contributed by atoms with Crippen LogP contribution in [-0.2, 0) is 12.8 Å². The van der Waals surface area contributed by atoms with Gasteiger partial charge < -0.3 is 15.2 Å². The van der Waals surface area contributed by atoms with Gasteiger partial charge in [-0.15, -0.1) is 0 Å². The van der Waals surface area contributed by atoms with Crippen LogP contribution in [0.3, 0.4) is 0 Å². The highest BCUT2D eigenvalue weighted by Crippen LogP contribution is 2.32. The molecule has 2 aromatic carbocycles. The largest absolute Gasteiger partial charge is 0.439 e. The molecule has 2 N–H and O–H groups in total. The highest BCUT2D eigenvalue weighted by molar-refractivity contribution is 5.98. The van der Waals surface area contributed by atoms with Crippen LogP contribution in [0.4, 0.5) is 28.0 Å². The van der Waals surface area contributed by atoms with Crippen molar-refractivity contribution in [2.24, 2.45) is 0 Å². The van der Waals surface area contributed by atoms with Gasteiger partial charge in [0.25, 0.3) is 0 Å². The molecule has 4 rings (SSSR count). The standard InChI is InChI=1S/C21H14F4N4O3/c22-16-3-1-13(21(23,24)25)8-17(16)28-20(31)29-6-5-12-7-15(2-4-18(12)29)32-19-9-14(10-30)26-11-27-19/h1-9,11,30H,10H2,(H,28,31). The SMILES string of the molecule is O=C(Nc1cc(C(F)(F)F)ccc1F)n1ccc2cc(Oc3cc(CO)ncn3)ccc21. The molecule has 1 amide bonds. The van der Waals surface area contributed by atoms with Gasteiger partial charge in [-0.25, -0.2) is 19.2 Å². The number of rotatable bonds is 4. The summed E-state index contributed by atoms with van der Waals surface area (Å²) in [5.41, 5.74) is -0.876. The van der Waals surface area contributed by atoms with E-state index in [1.807, 2.05) is 0 Å². The van der Waals surface area contributed by atoms with Gasteiger partial charge in [0.1, 0.15) is 17.9 Å². The van der Waals surface area contributed by atoms with E-state index in [0.29, 0.717) is 40.5 Å². The Bertz CT molecular complexity index is 1300. The van der Waals surface area contributed by atoms with Gasteiger partial charge in [0.15, 0.2) is 0 Å². The van der Waals surface area contributed by atoms with Crippen molar-refractivity contribution in [3.8, 4) is 11.6 Å². The molecule has 2 aromatic heterocycles. The molecule has 0 aliphatic heterocycles. The highest BCUT2D eigenvalue weighted by atomic mass is 19.4. The van der Waals surface area contributed by atoms with E-state index in [1.165, 1.54) is 18.6 Å². The second-order valence-corrected chi connectivity index (χ2v) is 6.64. The number of aromatic nitrogens is 3. The smallest absolute Gasteiger partial charge is 0.416 e. The van der Waals surface area contributed by atoms with Gasteiger partial charge in [0.05, 0.1) is 29.1 Å². The van der Waals surface area contributed by atoms with Gasteiger partial charge in [-0.2, -0.15) is 13.2 Å². The summed E-state index contributed by atoms with van der Waals surface area (Å²) in [5, 5.41) is 11.9. The van der Waals surface area contributed by atoms with Gasteiger partial charge in [0, 0.05) is 17.6 Å². The number of carbonyl (C=O) groups excluding carboxylic acids is 1. The van der Waals surface area contributed by atoms with Crippen molar-refractivity contribution in [1.29, 1.82) is 0 Å². The second kappa shape index (κ2) is 8.27. The fourth-order valence-corrected chi connectivity index (χ4v) is 2.97. The Hall–Kier alpha value is -3.99. The fraction of sp³-hybridized carbons (Fsp3) is 0.0952. The predicted molar refractivity (Wildman–Crippen MR) is 106 cm³/mol. The summed E-state index contributed by atoms with van der Waals surface area (Å²) in [6.45, 7) is -0.275. The Labute approximate surface area is 177 Å². The number of nitrogens with zero attached hydrogens (tertiary/aromatic N) is 3. The summed E-state index contributed by atoms with van der Waals surface area (Å²) in [6, 6.07) is 8.71. The molecule has 0 atom stereocenters. The lowest BCUT2D eigenvalue weighted by Gasteiger charge is -2.12. The first kappa shape index (κ1) is 21.2. The molecule has 0 unspecified atom stereocenters. The molecular weight excluding hydrogens is 432 g/mol. The van der Waals surface area contributed by atoms with E-state index in [-0.39, 0.29) is 12.5 Å². The fourth-order valence-electron chi connectivity index (χ4n) is 2.97. The average molecular weight is 446 g/mol. The number of ether oxygens (including phenoxy) is 1. The maximum atomic E-state index is 14.0. The van der Waals surface area contributed by atoms with E-state index in [1.54, 1.807) is 24.3 Å². The van der Waals surface area contributed by atoms with Crippen LogP contribution in [0.25, 0.3) is 10.9 Å². The zero-order valence-electron chi connectivity index (χ0n) is 16.1. The van der Waals surface area contributed by atoms with Crippen molar-refractivity contribution in [3.05, 3.63) is 78.1 Å². The second-order valence-electron chi connectivity index (χ2n) is 6.64. The Morgan fingerprint density at radius 1 is 1.09 bits per heavy atom. The van der Waals surface area contributed by atoms with Crippen LogP contribution in [0.1, 0.15) is 11.3 Å². The number of amides is 1. The number of benzene rings is 2. The summed E-state index contributed by atoms with van der Waals surface area (Å²) < 4.78 is 59.4. The van der Waals surface area contributed by atoms with Crippen LogP contribution in [0.2, 0.25) is 0 Å². The Morgan fingerprint density at radius 3 is 2.66 bits per heavy atom. The van der Waals surface area contributed by atoms with E-state index in [2.05, 4.69) is 15.3 Å². The molecular formula is C21H14F4N4O3. The number of nitrogens with one attached hydrogen (secondary N) is 1. The third-order valence-electron chi connectivity index (χ3n) is 4.50. The monoisotopic (exact) mass is 446 g/mol. The molecule has 0 spiro atoms. The van der Waals surface area contributed by atoms with Gasteiger partial charge in [-0.05, 0) is 42.5 Å². The lowest BCUT2D eigenvalue weighted by Crippen LogP contribution is -2.19. The first-order valence-corrected chi connectivity index (χ1v) is 9.13. The number of alkyl halides is 3. The van der Waals surface area contributed by atoms with Crippen LogP contribution in [0.15, 0.2) is 61.1 Å². The third kappa shape index (κ3) is 4.37. The zero-order chi connectivity index (χ0) is 22.9. The van der Waals surface area contributed by atoms with E-state index in [9.17, 15) is 22.4 Å². The number of carbonyl (C=O) groups is 1. The summed E-state index contributed by atoms with van der Waals surface area (Å²) in [4.78, 5) is 20.4. The number of hydrogen-bond donors (Lipinski definition) is 2. The zero-order valence-corrected chi connectivity index (χ0v) is 16.1. The van der Waals surface area contributed by atoms with Crippen molar-refractivity contribution >= 4 is 22.6 Å². The summed E-state index contributed by atoms with van der Waals surface area (Å²) in [6.07, 6.45) is -2.04. The first-order valence-electron chi connectivity index (χ1n) is 9.13. The van der Waals surface area contributed by atoms with Gasteiger partial charge >= 0.3 is 12.2 Å². The first-order chi connectivity index (χ1) is 15.2. The Kier molecular flexibility index (Phi) is 5.49. The van der Waals surface area contributed by atoms with Crippen molar-refractivity contribution in [1.82, 2.24) is 14.5 Å². The highest BCUT2D eigenvalue weighted by Gasteiger charge is 2.31. The van der Waals surface area contributed by atoms with Gasteiger partial charge in [-0.1, -0.05) is 0 Å². The van der Waals surface area contributed by atoms with Crippen LogP contribution in [0.5, 0.6) is 11.6 Å². The lowest BCUT2D eigenvalue weighted by molar-refractivity contribution is -0.137. The molecule has 0 bridgehead atoms. The number of hydrogen-bond acceptors (Lipinski definition) is 5. The summed E-state index contributed by atoms with van der Waals surface area (Å²) in [5.74, 6) is -0.395. The van der Waals surface area contributed by atoms with Crippen LogP contribution in [-0.4, -0.2) is 25.7 Å². The molecule has 0 aliphatic rings. The molecule has 11 heteroatoms. The number of fused-ring (bicyclic) bond motifs is 1. The summed E-state index contributed by atoms with van der Waals surface area (Å²) >= 11 is 0. The minimum Gasteiger partial charge on any atom is -0.439 e. The van der Waals surface area contributed by atoms with Crippen molar-refractivity contribution in [2.75, 3.05) is 5.32 Å². The molecule has 7 nitrogen and oxygen atoms in total. The topological polar surface area (TPSA) is 89.3 Å². The minimum atomic E-state index is -4.68. The molecule has 4 aromatic rings. The lowest BCUT2D eigenvalue weighted by atomic mass is 10.2. The average Bonchev–Trinajstić information content (AvgIpc) is 3.18. The van der Waals surface area contributed by atoms with Crippen molar-refractivity contribution in [2.45, 2.75) is 12.8 Å². The minimum absolute atomic E-state index is 0.209. The number of anilines is 1. The van der Waals surface area contributed by atoms with E-state index < -0.39 is 29.3 Å². The van der Waals surface area contributed by atoms with Gasteiger partial charge in [-0.3, -0.25) is 4.57 Å². The number of halogens is 4. The third-order valence-corrected chi connectivity index (χ3v) is 4.50. The number of aliphatic hydroxyl groups is 1. The molecule has 0 radical (unpaired) electrons.